The van der Waals surface area contributed by atoms with Crippen molar-refractivity contribution in [2.24, 2.45) is 11.8 Å². The zero-order valence-electron chi connectivity index (χ0n) is 10.0. The molecule has 0 radical (unpaired) electrons. The Kier molecular flexibility index (Phi) is 3.66. The summed E-state index contributed by atoms with van der Waals surface area (Å²) in [5.74, 6) is -1.03. The highest BCUT2D eigenvalue weighted by atomic mass is 16.5. The van der Waals surface area contributed by atoms with Gasteiger partial charge in [-0.1, -0.05) is 0 Å². The van der Waals surface area contributed by atoms with Gasteiger partial charge in [-0.2, -0.15) is 0 Å². The van der Waals surface area contributed by atoms with E-state index in [1.54, 1.807) is 0 Å². The van der Waals surface area contributed by atoms with Gasteiger partial charge in [0.25, 0.3) is 0 Å². The third kappa shape index (κ3) is 2.97. The predicted molar refractivity (Wildman–Crippen MR) is 60.4 cm³/mol. The van der Waals surface area contributed by atoms with Crippen molar-refractivity contribution in [3.63, 3.8) is 0 Å². The zero-order valence-corrected chi connectivity index (χ0v) is 10.0. The predicted octanol–water partition coefficient (Wildman–Crippen LogP) is 0.781. The molecule has 2 saturated carbocycles. The maximum Gasteiger partial charge on any atom is 0.306 e. The van der Waals surface area contributed by atoms with E-state index in [4.69, 9.17) is 9.84 Å². The first-order valence-electron chi connectivity index (χ1n) is 6.26. The van der Waals surface area contributed by atoms with Crippen LogP contribution in [0.5, 0.6) is 0 Å². The fourth-order valence-corrected chi connectivity index (χ4v) is 2.49. The van der Waals surface area contributed by atoms with E-state index in [2.05, 4.69) is 5.32 Å². The summed E-state index contributed by atoms with van der Waals surface area (Å²) in [4.78, 5) is 22.6. The van der Waals surface area contributed by atoms with Crippen molar-refractivity contribution in [3.05, 3.63) is 0 Å². The number of carboxylic acid groups (broad SMARTS) is 1. The summed E-state index contributed by atoms with van der Waals surface area (Å²) in [6.07, 6.45) is 2.88. The molecule has 0 aromatic rings. The van der Waals surface area contributed by atoms with Gasteiger partial charge in [0, 0.05) is 12.6 Å². The highest BCUT2D eigenvalue weighted by Gasteiger charge is 2.45. The molecular formula is C12H19NO4. The van der Waals surface area contributed by atoms with Gasteiger partial charge in [-0.25, -0.2) is 0 Å². The third-order valence-electron chi connectivity index (χ3n) is 3.58. The number of carbonyl (C=O) groups is 2. The molecule has 96 valence electrons. The van der Waals surface area contributed by atoms with Crippen molar-refractivity contribution in [2.75, 3.05) is 6.61 Å². The van der Waals surface area contributed by atoms with Crippen LogP contribution in [0, 0.1) is 11.8 Å². The first kappa shape index (κ1) is 12.4. The molecule has 4 atom stereocenters. The van der Waals surface area contributed by atoms with Crippen LogP contribution >= 0.6 is 0 Å². The molecule has 0 aliphatic heterocycles. The SMILES string of the molecule is CCO[C@H]1C[C@H]1C(=O)N[C@H]1CC[C@@H](C(=O)O)C1. The number of hydrogen-bond donors (Lipinski definition) is 2. The van der Waals surface area contributed by atoms with Gasteiger partial charge < -0.3 is 15.2 Å². The fourth-order valence-electron chi connectivity index (χ4n) is 2.49. The van der Waals surface area contributed by atoms with E-state index in [-0.39, 0.29) is 29.9 Å². The van der Waals surface area contributed by atoms with Gasteiger partial charge in [-0.05, 0) is 32.6 Å². The maximum absolute atomic E-state index is 11.8. The normalized spacial score (nSPS) is 35.6. The molecule has 0 bridgehead atoms. The summed E-state index contributed by atoms with van der Waals surface area (Å²) >= 11 is 0. The standard InChI is InChI=1S/C12H19NO4/c1-2-17-10-6-9(10)11(14)13-8-4-3-7(5-8)12(15)16/h7-10H,2-6H2,1H3,(H,13,14)(H,15,16)/t7-,8+,9-,10+/m1/s1. The molecule has 0 aromatic carbocycles. The number of aliphatic carboxylic acids is 1. The van der Waals surface area contributed by atoms with Crippen LogP contribution in [0.15, 0.2) is 0 Å². The van der Waals surface area contributed by atoms with Crippen molar-refractivity contribution >= 4 is 11.9 Å². The first-order valence-corrected chi connectivity index (χ1v) is 6.26. The zero-order chi connectivity index (χ0) is 12.4. The Morgan fingerprint density at radius 3 is 2.71 bits per heavy atom. The molecule has 5 nitrogen and oxygen atoms in total. The molecule has 2 rings (SSSR count). The summed E-state index contributed by atoms with van der Waals surface area (Å²) in [5.41, 5.74) is 0. The van der Waals surface area contributed by atoms with Crippen LogP contribution in [0.1, 0.15) is 32.6 Å². The summed E-state index contributed by atoms with van der Waals surface area (Å²) in [6.45, 7) is 2.56. The van der Waals surface area contributed by atoms with Crippen molar-refractivity contribution in [1.29, 1.82) is 0 Å². The summed E-state index contributed by atoms with van der Waals surface area (Å²) < 4.78 is 5.36. The number of ether oxygens (including phenoxy) is 1. The van der Waals surface area contributed by atoms with Crippen molar-refractivity contribution in [2.45, 2.75) is 44.8 Å². The molecule has 1 amide bonds. The van der Waals surface area contributed by atoms with Gasteiger partial charge in [0.2, 0.25) is 5.91 Å². The minimum atomic E-state index is -0.750. The average Bonchev–Trinajstić information content (AvgIpc) is 2.88. The number of hydrogen-bond acceptors (Lipinski definition) is 3. The highest BCUT2D eigenvalue weighted by molar-refractivity contribution is 5.82. The lowest BCUT2D eigenvalue weighted by atomic mass is 10.1. The molecule has 5 heteroatoms. The number of carbonyl (C=O) groups excluding carboxylic acids is 1. The monoisotopic (exact) mass is 241 g/mol. The minimum Gasteiger partial charge on any atom is -0.481 e. The molecule has 0 heterocycles. The maximum atomic E-state index is 11.8. The topological polar surface area (TPSA) is 75.6 Å². The van der Waals surface area contributed by atoms with Crippen LogP contribution in [0.4, 0.5) is 0 Å². The van der Waals surface area contributed by atoms with Gasteiger partial charge in [-0.15, -0.1) is 0 Å². The summed E-state index contributed by atoms with van der Waals surface area (Å²) in [6, 6.07) is 0.0338. The molecular weight excluding hydrogens is 222 g/mol. The first-order chi connectivity index (χ1) is 8.11. The lowest BCUT2D eigenvalue weighted by Gasteiger charge is -2.12. The van der Waals surface area contributed by atoms with Crippen LogP contribution in [0.25, 0.3) is 0 Å². The number of carboxylic acids is 1. The van der Waals surface area contributed by atoms with E-state index in [0.717, 1.165) is 12.8 Å². The van der Waals surface area contributed by atoms with Crippen LogP contribution in [-0.2, 0) is 14.3 Å². The Hall–Kier alpha value is -1.10. The number of nitrogens with one attached hydrogen (secondary N) is 1. The van der Waals surface area contributed by atoms with E-state index < -0.39 is 5.97 Å². The molecule has 0 unspecified atom stereocenters. The molecule has 2 fully saturated rings. The molecule has 2 aliphatic rings. The van der Waals surface area contributed by atoms with E-state index in [1.807, 2.05) is 6.92 Å². The van der Waals surface area contributed by atoms with E-state index in [9.17, 15) is 9.59 Å². The van der Waals surface area contributed by atoms with Crippen molar-refractivity contribution in [1.82, 2.24) is 5.32 Å². The number of rotatable bonds is 5. The largest absolute Gasteiger partial charge is 0.481 e. The van der Waals surface area contributed by atoms with Crippen molar-refractivity contribution < 1.29 is 19.4 Å². The molecule has 17 heavy (non-hydrogen) atoms. The summed E-state index contributed by atoms with van der Waals surface area (Å²) in [5, 5.41) is 11.8. The Labute approximate surface area is 101 Å². The van der Waals surface area contributed by atoms with Gasteiger partial charge in [0.15, 0.2) is 0 Å². The Morgan fingerprint density at radius 1 is 1.35 bits per heavy atom. The lowest BCUT2D eigenvalue weighted by molar-refractivity contribution is -0.141. The average molecular weight is 241 g/mol. The Balaban J connectivity index is 1.72. The quantitative estimate of drug-likeness (QED) is 0.746. The third-order valence-corrected chi connectivity index (χ3v) is 3.58. The molecule has 2 aliphatic carbocycles. The second-order valence-electron chi connectivity index (χ2n) is 4.89. The van der Waals surface area contributed by atoms with E-state index >= 15 is 0 Å². The Bertz CT molecular complexity index is 318. The molecule has 0 aromatic heterocycles. The van der Waals surface area contributed by atoms with Gasteiger partial charge in [0.1, 0.15) is 0 Å². The van der Waals surface area contributed by atoms with Gasteiger partial charge in [0.05, 0.1) is 17.9 Å². The van der Waals surface area contributed by atoms with Gasteiger partial charge in [-0.3, -0.25) is 9.59 Å². The fraction of sp³-hybridized carbons (Fsp3) is 0.833. The van der Waals surface area contributed by atoms with E-state index in [1.165, 1.54) is 0 Å². The number of amides is 1. The second kappa shape index (κ2) is 5.04. The molecule has 0 spiro atoms. The molecule has 0 saturated heterocycles. The summed E-state index contributed by atoms with van der Waals surface area (Å²) in [7, 11) is 0. The van der Waals surface area contributed by atoms with E-state index in [0.29, 0.717) is 19.4 Å². The minimum absolute atomic E-state index is 0.0150. The van der Waals surface area contributed by atoms with Crippen LogP contribution in [-0.4, -0.2) is 35.7 Å². The van der Waals surface area contributed by atoms with Crippen LogP contribution < -0.4 is 5.32 Å². The van der Waals surface area contributed by atoms with Crippen LogP contribution in [0.2, 0.25) is 0 Å². The smallest absolute Gasteiger partial charge is 0.306 e. The second-order valence-corrected chi connectivity index (χ2v) is 4.89. The molecule has 2 N–H and O–H groups in total. The lowest BCUT2D eigenvalue weighted by Crippen LogP contribution is -2.35. The van der Waals surface area contributed by atoms with Gasteiger partial charge >= 0.3 is 5.97 Å². The van der Waals surface area contributed by atoms with Crippen LogP contribution in [0.3, 0.4) is 0 Å². The Morgan fingerprint density at radius 2 is 2.12 bits per heavy atom. The highest BCUT2D eigenvalue weighted by Crippen LogP contribution is 2.34. The van der Waals surface area contributed by atoms with Crippen molar-refractivity contribution in [3.8, 4) is 0 Å².